The number of carbonyl (C=O) groups excluding carboxylic acids is 1. The zero-order valence-electron chi connectivity index (χ0n) is 12.9. The van der Waals surface area contributed by atoms with Crippen LogP contribution < -0.4 is 9.47 Å². The quantitative estimate of drug-likeness (QED) is 0.633. The molecule has 1 heterocycles. The molecule has 2 atom stereocenters. The van der Waals surface area contributed by atoms with Crippen LogP contribution in [-0.4, -0.2) is 25.8 Å². The van der Waals surface area contributed by atoms with E-state index in [-0.39, 0.29) is 12.4 Å². The molecule has 2 unspecified atom stereocenters. The molecule has 1 aromatic rings. The third kappa shape index (κ3) is 3.62. The average Bonchev–Trinajstić information content (AvgIpc) is 2.54. The van der Waals surface area contributed by atoms with Crippen LogP contribution in [0.25, 0.3) is 0 Å². The van der Waals surface area contributed by atoms with Gasteiger partial charge < -0.3 is 14.2 Å². The summed E-state index contributed by atoms with van der Waals surface area (Å²) in [6, 6.07) is 5.60. The van der Waals surface area contributed by atoms with Gasteiger partial charge in [0.1, 0.15) is 13.2 Å². The topological polar surface area (TPSA) is 44.8 Å². The minimum Gasteiger partial charge on any atom is -0.486 e. The molecule has 1 aliphatic heterocycles. The highest BCUT2D eigenvalue weighted by Gasteiger charge is 2.20. The van der Waals surface area contributed by atoms with Crippen LogP contribution in [0.5, 0.6) is 11.5 Å². The summed E-state index contributed by atoms with van der Waals surface area (Å²) in [5.74, 6) is 2.29. The molecule has 22 heavy (non-hydrogen) atoms. The first kappa shape index (κ1) is 14.9. The van der Waals surface area contributed by atoms with Crippen molar-refractivity contribution in [3.8, 4) is 11.5 Å². The van der Waals surface area contributed by atoms with E-state index in [0.717, 1.165) is 24.2 Å². The summed E-state index contributed by atoms with van der Waals surface area (Å²) in [4.78, 5) is 12.0. The number of esters is 1. The van der Waals surface area contributed by atoms with E-state index < -0.39 is 0 Å². The highest BCUT2D eigenvalue weighted by Crippen LogP contribution is 2.31. The fraction of sp³-hybridized carbons (Fsp3) is 0.500. The molecule has 1 aliphatic carbocycles. The van der Waals surface area contributed by atoms with Gasteiger partial charge in [-0.3, -0.25) is 4.79 Å². The number of benzene rings is 1. The SMILES string of the molecule is CC1CC=CCC1COC(=O)Cc1ccc2c(c1)OCCO2. The van der Waals surface area contributed by atoms with Crippen molar-refractivity contribution in [1.82, 2.24) is 0 Å². The number of allylic oxidation sites excluding steroid dienone is 2. The minimum atomic E-state index is -0.182. The van der Waals surface area contributed by atoms with E-state index in [1.165, 1.54) is 0 Å². The number of ether oxygens (including phenoxy) is 3. The largest absolute Gasteiger partial charge is 0.486 e. The van der Waals surface area contributed by atoms with E-state index in [9.17, 15) is 4.79 Å². The van der Waals surface area contributed by atoms with Gasteiger partial charge in [0, 0.05) is 0 Å². The third-order valence-electron chi connectivity index (χ3n) is 4.33. The van der Waals surface area contributed by atoms with Gasteiger partial charge in [0.05, 0.1) is 13.0 Å². The van der Waals surface area contributed by atoms with Crippen molar-refractivity contribution in [2.24, 2.45) is 11.8 Å². The van der Waals surface area contributed by atoms with Crippen LogP contribution in [0.4, 0.5) is 0 Å². The van der Waals surface area contributed by atoms with Crippen molar-refractivity contribution in [1.29, 1.82) is 0 Å². The maximum absolute atomic E-state index is 12.0. The molecule has 0 fully saturated rings. The number of carbonyl (C=O) groups is 1. The summed E-state index contributed by atoms with van der Waals surface area (Å²) in [6.07, 6.45) is 6.73. The smallest absolute Gasteiger partial charge is 0.310 e. The Morgan fingerprint density at radius 3 is 2.77 bits per heavy atom. The van der Waals surface area contributed by atoms with E-state index in [1.807, 2.05) is 18.2 Å². The molecule has 3 rings (SSSR count). The van der Waals surface area contributed by atoms with Gasteiger partial charge in [-0.1, -0.05) is 25.1 Å². The summed E-state index contributed by atoms with van der Waals surface area (Å²) in [5.41, 5.74) is 0.894. The Balaban J connectivity index is 1.52. The lowest BCUT2D eigenvalue weighted by atomic mass is 9.85. The van der Waals surface area contributed by atoms with Crippen molar-refractivity contribution < 1.29 is 19.0 Å². The molecule has 0 spiro atoms. The molecule has 4 heteroatoms. The van der Waals surface area contributed by atoms with Gasteiger partial charge in [0.25, 0.3) is 0 Å². The van der Waals surface area contributed by atoms with Gasteiger partial charge in [0.15, 0.2) is 11.5 Å². The maximum atomic E-state index is 12.0. The van der Waals surface area contributed by atoms with E-state index in [4.69, 9.17) is 14.2 Å². The van der Waals surface area contributed by atoms with Crippen LogP contribution in [0.1, 0.15) is 25.3 Å². The van der Waals surface area contributed by atoms with Crippen LogP contribution in [0.3, 0.4) is 0 Å². The molecule has 0 amide bonds. The Hall–Kier alpha value is -1.97. The summed E-state index contributed by atoms with van der Waals surface area (Å²) in [6.45, 7) is 3.84. The van der Waals surface area contributed by atoms with E-state index in [0.29, 0.717) is 37.4 Å². The molecule has 118 valence electrons. The second-order valence-corrected chi connectivity index (χ2v) is 6.02. The molecule has 0 aromatic heterocycles. The highest BCUT2D eigenvalue weighted by atomic mass is 16.6. The van der Waals surface area contributed by atoms with Gasteiger partial charge in [-0.25, -0.2) is 0 Å². The van der Waals surface area contributed by atoms with Gasteiger partial charge in [-0.15, -0.1) is 0 Å². The molecule has 0 radical (unpaired) electrons. The number of rotatable bonds is 4. The fourth-order valence-electron chi connectivity index (χ4n) is 2.85. The van der Waals surface area contributed by atoms with Crippen LogP contribution >= 0.6 is 0 Å². The van der Waals surface area contributed by atoms with Gasteiger partial charge in [-0.05, 0) is 42.4 Å². The predicted octanol–water partition coefficient (Wildman–Crippen LogP) is 3.15. The Morgan fingerprint density at radius 2 is 1.95 bits per heavy atom. The van der Waals surface area contributed by atoms with E-state index >= 15 is 0 Å². The standard InChI is InChI=1S/C18H22O4/c1-13-4-2-3-5-15(13)12-22-18(19)11-14-6-7-16-17(10-14)21-9-8-20-16/h2-3,6-7,10,13,15H,4-5,8-9,11-12H2,1H3. The van der Waals surface area contributed by atoms with Gasteiger partial charge >= 0.3 is 5.97 Å². The second-order valence-electron chi connectivity index (χ2n) is 6.02. The van der Waals surface area contributed by atoms with Crippen molar-refractivity contribution in [3.63, 3.8) is 0 Å². The fourth-order valence-corrected chi connectivity index (χ4v) is 2.85. The lowest BCUT2D eigenvalue weighted by Crippen LogP contribution is -2.22. The van der Waals surface area contributed by atoms with Crippen LogP contribution in [0.2, 0.25) is 0 Å². The Morgan fingerprint density at radius 1 is 1.18 bits per heavy atom. The normalized spacial score (nSPS) is 23.1. The monoisotopic (exact) mass is 302 g/mol. The summed E-state index contributed by atoms with van der Waals surface area (Å²) in [7, 11) is 0. The number of fused-ring (bicyclic) bond motifs is 1. The Kier molecular flexibility index (Phi) is 4.66. The zero-order valence-corrected chi connectivity index (χ0v) is 12.9. The third-order valence-corrected chi connectivity index (χ3v) is 4.33. The Labute approximate surface area is 131 Å². The number of hydrogen-bond acceptors (Lipinski definition) is 4. The minimum absolute atomic E-state index is 0.182. The average molecular weight is 302 g/mol. The maximum Gasteiger partial charge on any atom is 0.310 e. The van der Waals surface area contributed by atoms with Crippen LogP contribution in [0, 0.1) is 11.8 Å². The predicted molar refractivity (Wildman–Crippen MR) is 83.1 cm³/mol. The van der Waals surface area contributed by atoms with Crippen molar-refractivity contribution in [3.05, 3.63) is 35.9 Å². The number of hydrogen-bond donors (Lipinski definition) is 0. The summed E-state index contributed by atoms with van der Waals surface area (Å²) >= 11 is 0. The van der Waals surface area contributed by atoms with Crippen molar-refractivity contribution >= 4 is 5.97 Å². The second kappa shape index (κ2) is 6.86. The lowest BCUT2D eigenvalue weighted by Gasteiger charge is -2.24. The molecular weight excluding hydrogens is 280 g/mol. The first-order chi connectivity index (χ1) is 10.7. The molecule has 0 bridgehead atoms. The summed E-state index contributed by atoms with van der Waals surface area (Å²) in [5, 5.41) is 0. The van der Waals surface area contributed by atoms with E-state index in [2.05, 4.69) is 19.1 Å². The van der Waals surface area contributed by atoms with Crippen molar-refractivity contribution in [2.75, 3.05) is 19.8 Å². The molecule has 0 saturated carbocycles. The molecule has 2 aliphatic rings. The molecule has 4 nitrogen and oxygen atoms in total. The lowest BCUT2D eigenvalue weighted by molar-refractivity contribution is -0.144. The van der Waals surface area contributed by atoms with Gasteiger partial charge in [0.2, 0.25) is 0 Å². The molecule has 0 N–H and O–H groups in total. The molecule has 1 aromatic carbocycles. The zero-order chi connectivity index (χ0) is 15.4. The first-order valence-electron chi connectivity index (χ1n) is 7.91. The highest BCUT2D eigenvalue weighted by molar-refractivity contribution is 5.73. The first-order valence-corrected chi connectivity index (χ1v) is 7.91. The summed E-state index contributed by atoms with van der Waals surface area (Å²) < 4.78 is 16.5. The van der Waals surface area contributed by atoms with Gasteiger partial charge in [-0.2, -0.15) is 0 Å². The van der Waals surface area contributed by atoms with Crippen molar-refractivity contribution in [2.45, 2.75) is 26.2 Å². The van der Waals surface area contributed by atoms with Crippen LogP contribution in [0.15, 0.2) is 30.4 Å². The molecular formula is C18H22O4. The van der Waals surface area contributed by atoms with Crippen LogP contribution in [-0.2, 0) is 16.0 Å². The van der Waals surface area contributed by atoms with E-state index in [1.54, 1.807) is 0 Å². The Bertz CT molecular complexity index is 564. The molecule has 0 saturated heterocycles.